The second kappa shape index (κ2) is 3.87. The average molecular weight is 172 g/mol. The first-order valence-electron chi connectivity index (χ1n) is 4.37. The quantitative estimate of drug-likeness (QED) is 0.483. The zero-order chi connectivity index (χ0) is 9.03. The number of hydrogen-bond acceptors (Lipinski definition) is 3. The number of nitrogens with one attached hydrogen (secondary N) is 1. The maximum atomic E-state index is 11.2. The SMILES string of the molecule is NC1(C(=O)NCCCCO)CC1. The summed E-state index contributed by atoms with van der Waals surface area (Å²) in [5.41, 5.74) is 5.09. The Labute approximate surface area is 72.1 Å². The largest absolute Gasteiger partial charge is 0.396 e. The molecule has 4 heteroatoms. The van der Waals surface area contributed by atoms with Crippen molar-refractivity contribution in [1.82, 2.24) is 5.32 Å². The fourth-order valence-corrected chi connectivity index (χ4v) is 0.976. The average Bonchev–Trinajstić information content (AvgIpc) is 2.78. The number of aliphatic hydroxyl groups excluding tert-OH is 1. The highest BCUT2D eigenvalue weighted by Crippen LogP contribution is 2.31. The predicted octanol–water partition coefficient (Wildman–Crippen LogP) is -0.634. The molecule has 1 saturated carbocycles. The zero-order valence-electron chi connectivity index (χ0n) is 7.18. The molecule has 1 aliphatic rings. The van der Waals surface area contributed by atoms with E-state index in [1.807, 2.05) is 0 Å². The van der Waals surface area contributed by atoms with Gasteiger partial charge in [-0.3, -0.25) is 4.79 Å². The standard InChI is InChI=1S/C8H16N2O2/c9-8(3-4-8)7(12)10-5-1-2-6-11/h11H,1-6,9H2,(H,10,12). The summed E-state index contributed by atoms with van der Waals surface area (Å²) < 4.78 is 0. The van der Waals surface area contributed by atoms with E-state index in [4.69, 9.17) is 10.8 Å². The topological polar surface area (TPSA) is 75.4 Å². The molecule has 0 saturated heterocycles. The number of aliphatic hydroxyl groups is 1. The molecule has 0 unspecified atom stereocenters. The van der Waals surface area contributed by atoms with Crippen molar-refractivity contribution in [3.05, 3.63) is 0 Å². The number of nitrogens with two attached hydrogens (primary N) is 1. The lowest BCUT2D eigenvalue weighted by atomic mass is 10.2. The van der Waals surface area contributed by atoms with E-state index in [1.54, 1.807) is 0 Å². The van der Waals surface area contributed by atoms with Crippen LogP contribution >= 0.6 is 0 Å². The Hall–Kier alpha value is -0.610. The highest BCUT2D eigenvalue weighted by molar-refractivity contribution is 5.88. The number of unbranched alkanes of at least 4 members (excludes halogenated alkanes) is 1. The van der Waals surface area contributed by atoms with Crippen molar-refractivity contribution in [3.63, 3.8) is 0 Å². The first kappa shape index (κ1) is 9.48. The molecule has 1 amide bonds. The molecule has 1 aliphatic carbocycles. The van der Waals surface area contributed by atoms with Crippen molar-refractivity contribution < 1.29 is 9.90 Å². The van der Waals surface area contributed by atoms with Crippen LogP contribution in [0.2, 0.25) is 0 Å². The number of rotatable bonds is 5. The van der Waals surface area contributed by atoms with Crippen LogP contribution in [0.25, 0.3) is 0 Å². The summed E-state index contributed by atoms with van der Waals surface area (Å²) >= 11 is 0. The van der Waals surface area contributed by atoms with Gasteiger partial charge in [-0.15, -0.1) is 0 Å². The van der Waals surface area contributed by atoms with E-state index in [2.05, 4.69) is 5.32 Å². The fraction of sp³-hybridized carbons (Fsp3) is 0.875. The fourth-order valence-electron chi connectivity index (χ4n) is 0.976. The molecule has 0 spiro atoms. The Kier molecular flexibility index (Phi) is 3.05. The third-order valence-corrected chi connectivity index (χ3v) is 2.11. The van der Waals surface area contributed by atoms with E-state index < -0.39 is 5.54 Å². The number of hydrogen-bond donors (Lipinski definition) is 3. The first-order chi connectivity index (χ1) is 5.69. The van der Waals surface area contributed by atoms with Crippen LogP contribution in [0.15, 0.2) is 0 Å². The van der Waals surface area contributed by atoms with Gasteiger partial charge in [0.1, 0.15) is 0 Å². The normalized spacial score (nSPS) is 18.8. The van der Waals surface area contributed by atoms with Crippen LogP contribution in [-0.2, 0) is 4.79 Å². The molecule has 1 rings (SSSR count). The lowest BCUT2D eigenvalue weighted by Crippen LogP contribution is -2.43. The van der Waals surface area contributed by atoms with Crippen LogP contribution in [0.3, 0.4) is 0 Å². The van der Waals surface area contributed by atoms with E-state index in [0.29, 0.717) is 6.54 Å². The summed E-state index contributed by atoms with van der Waals surface area (Å²) in [5.74, 6) is -0.0413. The van der Waals surface area contributed by atoms with Gasteiger partial charge in [0.25, 0.3) is 0 Å². The molecule has 0 atom stereocenters. The van der Waals surface area contributed by atoms with E-state index >= 15 is 0 Å². The van der Waals surface area contributed by atoms with Gasteiger partial charge in [0.05, 0.1) is 5.54 Å². The predicted molar refractivity (Wildman–Crippen MR) is 45.5 cm³/mol. The first-order valence-corrected chi connectivity index (χ1v) is 4.37. The summed E-state index contributed by atoms with van der Waals surface area (Å²) in [6.07, 6.45) is 3.16. The van der Waals surface area contributed by atoms with Gasteiger partial charge in [0, 0.05) is 13.2 Å². The molecule has 0 aromatic carbocycles. The van der Waals surface area contributed by atoms with Gasteiger partial charge >= 0.3 is 0 Å². The zero-order valence-corrected chi connectivity index (χ0v) is 7.18. The molecule has 1 fully saturated rings. The Morgan fingerprint density at radius 3 is 2.67 bits per heavy atom. The molecule has 0 bridgehead atoms. The van der Waals surface area contributed by atoms with Crippen LogP contribution in [-0.4, -0.2) is 29.7 Å². The molecule has 0 aromatic heterocycles. The van der Waals surface area contributed by atoms with Crippen LogP contribution in [0.5, 0.6) is 0 Å². The Balaban J connectivity index is 2.03. The van der Waals surface area contributed by atoms with Gasteiger partial charge in [-0.05, 0) is 25.7 Å². The number of carbonyl (C=O) groups is 1. The van der Waals surface area contributed by atoms with Crippen molar-refractivity contribution in [3.8, 4) is 0 Å². The van der Waals surface area contributed by atoms with Crippen molar-refractivity contribution in [2.75, 3.05) is 13.2 Å². The van der Waals surface area contributed by atoms with E-state index in [-0.39, 0.29) is 12.5 Å². The Morgan fingerprint density at radius 2 is 2.17 bits per heavy atom. The number of amides is 1. The summed E-state index contributed by atoms with van der Waals surface area (Å²) in [7, 11) is 0. The second-order valence-corrected chi connectivity index (χ2v) is 3.34. The molecule has 0 aliphatic heterocycles. The van der Waals surface area contributed by atoms with E-state index in [0.717, 1.165) is 25.7 Å². The van der Waals surface area contributed by atoms with Crippen molar-refractivity contribution >= 4 is 5.91 Å². The molecule has 4 nitrogen and oxygen atoms in total. The summed E-state index contributed by atoms with van der Waals surface area (Å²) in [4.78, 5) is 11.2. The molecule has 0 radical (unpaired) electrons. The summed E-state index contributed by atoms with van der Waals surface area (Å²) in [5, 5.41) is 11.2. The number of carbonyl (C=O) groups excluding carboxylic acids is 1. The maximum Gasteiger partial charge on any atom is 0.240 e. The van der Waals surface area contributed by atoms with Crippen LogP contribution in [0, 0.1) is 0 Å². The monoisotopic (exact) mass is 172 g/mol. The second-order valence-electron chi connectivity index (χ2n) is 3.34. The summed E-state index contributed by atoms with van der Waals surface area (Å²) in [6, 6.07) is 0. The lowest BCUT2D eigenvalue weighted by Gasteiger charge is -2.08. The molecule has 0 heterocycles. The Bertz CT molecular complexity index is 166. The minimum absolute atomic E-state index is 0.0413. The van der Waals surface area contributed by atoms with Crippen molar-refractivity contribution in [2.24, 2.45) is 5.73 Å². The van der Waals surface area contributed by atoms with Crippen molar-refractivity contribution in [2.45, 2.75) is 31.2 Å². The van der Waals surface area contributed by atoms with Gasteiger partial charge in [0.2, 0.25) is 5.91 Å². The highest BCUT2D eigenvalue weighted by Gasteiger charge is 2.45. The highest BCUT2D eigenvalue weighted by atomic mass is 16.2. The smallest absolute Gasteiger partial charge is 0.240 e. The molecular weight excluding hydrogens is 156 g/mol. The lowest BCUT2D eigenvalue weighted by molar-refractivity contribution is -0.123. The maximum absolute atomic E-state index is 11.2. The molecular formula is C8H16N2O2. The summed E-state index contributed by atoms with van der Waals surface area (Å²) in [6.45, 7) is 0.808. The molecule has 70 valence electrons. The Morgan fingerprint density at radius 1 is 1.50 bits per heavy atom. The van der Waals surface area contributed by atoms with Gasteiger partial charge < -0.3 is 16.2 Å². The molecule has 0 aromatic rings. The van der Waals surface area contributed by atoms with Gasteiger partial charge in [-0.2, -0.15) is 0 Å². The van der Waals surface area contributed by atoms with Crippen LogP contribution in [0.1, 0.15) is 25.7 Å². The third kappa shape index (κ3) is 2.46. The minimum Gasteiger partial charge on any atom is -0.396 e. The minimum atomic E-state index is -0.556. The molecule has 4 N–H and O–H groups in total. The molecule has 12 heavy (non-hydrogen) atoms. The van der Waals surface area contributed by atoms with E-state index in [9.17, 15) is 4.79 Å². The van der Waals surface area contributed by atoms with Gasteiger partial charge in [0.15, 0.2) is 0 Å². The van der Waals surface area contributed by atoms with Crippen molar-refractivity contribution in [1.29, 1.82) is 0 Å². The van der Waals surface area contributed by atoms with Crippen LogP contribution < -0.4 is 11.1 Å². The van der Waals surface area contributed by atoms with Gasteiger partial charge in [-0.1, -0.05) is 0 Å². The van der Waals surface area contributed by atoms with Crippen LogP contribution in [0.4, 0.5) is 0 Å². The third-order valence-electron chi connectivity index (χ3n) is 2.11. The van der Waals surface area contributed by atoms with Gasteiger partial charge in [-0.25, -0.2) is 0 Å². The van der Waals surface area contributed by atoms with E-state index in [1.165, 1.54) is 0 Å².